The minimum absolute atomic E-state index is 0.0283. The Hall–Kier alpha value is -2.96. The SMILES string of the molecule is CC/C=C/C=C/C=C\C=C/C=C/CC(CC(=O)NC(CO)C(O)CCCCCCCCCCCCCC)OC(=O)CCCCCCC/C=C/C=C/CCCCCCCCC. The average molecular weight is 836 g/mol. The Labute approximate surface area is 370 Å². The molecule has 3 unspecified atom stereocenters. The average Bonchev–Trinajstić information content (AvgIpc) is 3.24. The van der Waals surface area contributed by atoms with Gasteiger partial charge in [0.1, 0.15) is 6.10 Å². The number of aliphatic hydroxyl groups is 2. The number of amides is 1. The molecule has 0 bridgehead atoms. The normalized spacial score (nSPS) is 14.0. The molecule has 3 N–H and O–H groups in total. The molecule has 60 heavy (non-hydrogen) atoms. The lowest BCUT2D eigenvalue weighted by molar-refractivity contribution is -0.150. The molecule has 0 fully saturated rings. The molecule has 3 atom stereocenters. The minimum atomic E-state index is -0.823. The third-order valence-electron chi connectivity index (χ3n) is 10.9. The molecule has 0 saturated carbocycles. The summed E-state index contributed by atoms with van der Waals surface area (Å²) < 4.78 is 5.83. The fourth-order valence-electron chi connectivity index (χ4n) is 7.09. The van der Waals surface area contributed by atoms with Gasteiger partial charge in [-0.2, -0.15) is 0 Å². The Morgan fingerprint density at radius 1 is 0.517 bits per heavy atom. The fourth-order valence-corrected chi connectivity index (χ4v) is 7.09. The first kappa shape index (κ1) is 57.0. The summed E-state index contributed by atoms with van der Waals surface area (Å²) in [6.45, 7) is 6.28. The van der Waals surface area contributed by atoms with Crippen LogP contribution in [0.5, 0.6) is 0 Å². The van der Waals surface area contributed by atoms with Crippen LogP contribution in [0.1, 0.15) is 220 Å². The van der Waals surface area contributed by atoms with Gasteiger partial charge in [-0.3, -0.25) is 9.59 Å². The van der Waals surface area contributed by atoms with Gasteiger partial charge in [0.15, 0.2) is 0 Å². The summed E-state index contributed by atoms with van der Waals surface area (Å²) in [7, 11) is 0. The third kappa shape index (κ3) is 41.8. The van der Waals surface area contributed by atoms with Gasteiger partial charge in [0.25, 0.3) is 0 Å². The summed E-state index contributed by atoms with van der Waals surface area (Å²) in [6.07, 6.45) is 61.0. The quantitative estimate of drug-likeness (QED) is 0.0323. The van der Waals surface area contributed by atoms with Crippen molar-refractivity contribution in [2.45, 2.75) is 238 Å². The zero-order valence-corrected chi connectivity index (χ0v) is 39.1. The maximum absolute atomic E-state index is 13.1. The Balaban J connectivity index is 4.68. The van der Waals surface area contributed by atoms with E-state index in [9.17, 15) is 19.8 Å². The number of carbonyl (C=O) groups excluding carboxylic acids is 2. The van der Waals surface area contributed by atoms with E-state index in [2.05, 4.69) is 56.5 Å². The topological polar surface area (TPSA) is 95.9 Å². The summed E-state index contributed by atoms with van der Waals surface area (Å²) in [5.41, 5.74) is 0. The van der Waals surface area contributed by atoms with Crippen molar-refractivity contribution in [3.8, 4) is 0 Å². The van der Waals surface area contributed by atoms with Crippen molar-refractivity contribution >= 4 is 11.9 Å². The number of unbranched alkanes of at least 4 members (excludes halogenated alkanes) is 23. The van der Waals surface area contributed by atoms with Gasteiger partial charge in [-0.05, 0) is 44.9 Å². The predicted molar refractivity (Wildman–Crippen MR) is 259 cm³/mol. The smallest absolute Gasteiger partial charge is 0.306 e. The predicted octanol–water partition coefficient (Wildman–Crippen LogP) is 14.8. The largest absolute Gasteiger partial charge is 0.461 e. The van der Waals surface area contributed by atoms with Gasteiger partial charge in [0.2, 0.25) is 5.91 Å². The van der Waals surface area contributed by atoms with Gasteiger partial charge < -0.3 is 20.3 Å². The molecule has 0 saturated heterocycles. The molecule has 0 aliphatic carbocycles. The number of allylic oxidation sites excluding steroid dienone is 13. The molecule has 0 aromatic heterocycles. The molecule has 0 rings (SSSR count). The highest BCUT2D eigenvalue weighted by Crippen LogP contribution is 2.16. The van der Waals surface area contributed by atoms with Crippen molar-refractivity contribution < 1.29 is 24.5 Å². The molecule has 0 heterocycles. The van der Waals surface area contributed by atoms with E-state index in [1.54, 1.807) is 0 Å². The van der Waals surface area contributed by atoms with E-state index in [1.807, 2.05) is 54.7 Å². The van der Waals surface area contributed by atoms with Gasteiger partial charge in [-0.1, -0.05) is 241 Å². The standard InChI is InChI=1S/C54H93NO5/c1-4-7-10-13-16-19-22-24-25-26-27-28-29-32-35-38-41-44-47-54(59)60-50(45-42-39-36-33-30-21-18-15-12-9-6-3)48-53(58)55-51(49-56)52(57)46-43-40-37-34-31-23-20-17-14-11-8-5-2/h9,12,15,18,21,25-28,30,33,36,39,42,50-52,56-57H,4-8,10-11,13-14,16-17,19-20,22-24,29,31-32,34-35,37-38,40-41,43-49H2,1-3H3,(H,55,58)/b12-9+,18-15+,26-25+,28-27+,30-21-,36-33-,42-39+. The highest BCUT2D eigenvalue weighted by atomic mass is 16.5. The highest BCUT2D eigenvalue weighted by molar-refractivity contribution is 5.77. The Bertz CT molecular complexity index is 1160. The van der Waals surface area contributed by atoms with Crippen molar-refractivity contribution in [1.82, 2.24) is 5.32 Å². The van der Waals surface area contributed by atoms with Gasteiger partial charge in [-0.15, -0.1) is 0 Å². The van der Waals surface area contributed by atoms with Crippen LogP contribution >= 0.6 is 0 Å². The Morgan fingerprint density at radius 2 is 0.933 bits per heavy atom. The van der Waals surface area contributed by atoms with E-state index in [-0.39, 0.29) is 24.9 Å². The molecule has 0 aromatic carbocycles. The second kappa shape index (κ2) is 47.1. The molecule has 0 aliphatic heterocycles. The second-order valence-electron chi connectivity index (χ2n) is 16.6. The summed E-state index contributed by atoms with van der Waals surface area (Å²) in [6, 6.07) is -0.745. The number of hydrogen-bond acceptors (Lipinski definition) is 5. The number of rotatable bonds is 43. The van der Waals surface area contributed by atoms with E-state index in [0.29, 0.717) is 19.3 Å². The summed E-state index contributed by atoms with van der Waals surface area (Å²) >= 11 is 0. The number of carbonyl (C=O) groups is 2. The lowest BCUT2D eigenvalue weighted by Crippen LogP contribution is -2.46. The van der Waals surface area contributed by atoms with Gasteiger partial charge in [0, 0.05) is 12.8 Å². The van der Waals surface area contributed by atoms with Crippen LogP contribution in [0.3, 0.4) is 0 Å². The molecular weight excluding hydrogens is 743 g/mol. The Kier molecular flexibility index (Phi) is 44.8. The number of nitrogens with one attached hydrogen (secondary N) is 1. The summed E-state index contributed by atoms with van der Waals surface area (Å²) in [5, 5.41) is 23.6. The van der Waals surface area contributed by atoms with Gasteiger partial charge >= 0.3 is 5.97 Å². The summed E-state index contributed by atoms with van der Waals surface area (Å²) in [5.74, 6) is -0.630. The van der Waals surface area contributed by atoms with Crippen LogP contribution in [-0.2, 0) is 14.3 Å². The van der Waals surface area contributed by atoms with Crippen LogP contribution in [0.15, 0.2) is 85.1 Å². The number of hydrogen-bond donors (Lipinski definition) is 3. The lowest BCUT2D eigenvalue weighted by atomic mass is 10.0. The van der Waals surface area contributed by atoms with E-state index in [1.165, 1.54) is 109 Å². The monoisotopic (exact) mass is 836 g/mol. The first-order valence-electron chi connectivity index (χ1n) is 24.9. The summed E-state index contributed by atoms with van der Waals surface area (Å²) in [4.78, 5) is 26.0. The molecule has 0 radical (unpaired) electrons. The van der Waals surface area contributed by atoms with Gasteiger partial charge in [0.05, 0.1) is 25.2 Å². The third-order valence-corrected chi connectivity index (χ3v) is 10.9. The van der Waals surface area contributed by atoms with Crippen molar-refractivity contribution in [2.75, 3.05) is 6.61 Å². The zero-order valence-electron chi connectivity index (χ0n) is 39.1. The van der Waals surface area contributed by atoms with Crippen molar-refractivity contribution in [3.63, 3.8) is 0 Å². The van der Waals surface area contributed by atoms with E-state index in [4.69, 9.17) is 4.74 Å². The van der Waals surface area contributed by atoms with Crippen molar-refractivity contribution in [1.29, 1.82) is 0 Å². The fraction of sp³-hybridized carbons (Fsp3) is 0.704. The van der Waals surface area contributed by atoms with Crippen LogP contribution < -0.4 is 5.32 Å². The maximum atomic E-state index is 13.1. The first-order valence-corrected chi connectivity index (χ1v) is 24.9. The highest BCUT2D eigenvalue weighted by Gasteiger charge is 2.23. The van der Waals surface area contributed by atoms with Gasteiger partial charge in [-0.25, -0.2) is 0 Å². The van der Waals surface area contributed by atoms with Crippen molar-refractivity contribution in [2.24, 2.45) is 0 Å². The minimum Gasteiger partial charge on any atom is -0.461 e. The molecule has 344 valence electrons. The number of ether oxygens (including phenoxy) is 1. The second-order valence-corrected chi connectivity index (χ2v) is 16.6. The molecule has 1 amide bonds. The maximum Gasteiger partial charge on any atom is 0.306 e. The van der Waals surface area contributed by atoms with Crippen LogP contribution in [0, 0.1) is 0 Å². The lowest BCUT2D eigenvalue weighted by Gasteiger charge is -2.24. The van der Waals surface area contributed by atoms with Crippen molar-refractivity contribution in [3.05, 3.63) is 85.1 Å². The molecular formula is C54H93NO5. The number of aliphatic hydroxyl groups excluding tert-OH is 2. The van der Waals surface area contributed by atoms with Crippen LogP contribution in [0.4, 0.5) is 0 Å². The van der Waals surface area contributed by atoms with E-state index < -0.39 is 18.2 Å². The molecule has 0 aliphatic rings. The van der Waals surface area contributed by atoms with E-state index >= 15 is 0 Å². The molecule has 6 nitrogen and oxygen atoms in total. The molecule has 0 aromatic rings. The molecule has 6 heteroatoms. The first-order chi connectivity index (χ1) is 29.5. The van der Waals surface area contributed by atoms with Crippen LogP contribution in [-0.4, -0.2) is 46.9 Å². The molecule has 0 spiro atoms. The van der Waals surface area contributed by atoms with E-state index in [0.717, 1.165) is 64.2 Å². The zero-order chi connectivity index (χ0) is 43.8. The number of esters is 1. The van der Waals surface area contributed by atoms with Crippen LogP contribution in [0.25, 0.3) is 0 Å². The van der Waals surface area contributed by atoms with Crippen LogP contribution in [0.2, 0.25) is 0 Å². The Morgan fingerprint density at radius 3 is 1.42 bits per heavy atom.